The molecule has 0 saturated carbocycles. The number of carbonyl (C=O) groups is 2. The third-order valence-corrected chi connectivity index (χ3v) is 5.30. The van der Waals surface area contributed by atoms with Crippen LogP contribution in [-0.2, 0) is 0 Å². The van der Waals surface area contributed by atoms with E-state index in [9.17, 15) is 9.59 Å². The fourth-order valence-electron chi connectivity index (χ4n) is 3.03. The summed E-state index contributed by atoms with van der Waals surface area (Å²) in [5.74, 6) is -0.534. The number of nitrogens with one attached hydrogen (secondary N) is 3. The highest BCUT2D eigenvalue weighted by Crippen LogP contribution is 2.21. The monoisotopic (exact) mass is 463 g/mol. The smallest absolute Gasteiger partial charge is 0.291 e. The highest BCUT2D eigenvalue weighted by atomic mass is 35.5. The third-order valence-electron chi connectivity index (χ3n) is 4.69. The van der Waals surface area contributed by atoms with Gasteiger partial charge in [0.1, 0.15) is 5.58 Å². The molecule has 6 nitrogen and oxygen atoms in total. The van der Waals surface area contributed by atoms with Gasteiger partial charge in [-0.3, -0.25) is 14.9 Å². The summed E-state index contributed by atoms with van der Waals surface area (Å²) in [4.78, 5) is 24.9. The first kappa shape index (κ1) is 21.5. The van der Waals surface area contributed by atoms with E-state index >= 15 is 0 Å². The second kappa shape index (κ2) is 9.21. The van der Waals surface area contributed by atoms with Crippen molar-refractivity contribution in [1.29, 1.82) is 0 Å². The molecule has 0 aliphatic heterocycles. The Bertz CT molecular complexity index is 1320. The molecule has 0 spiro atoms. The van der Waals surface area contributed by atoms with Crippen molar-refractivity contribution in [3.8, 4) is 0 Å². The van der Waals surface area contributed by atoms with Gasteiger partial charge in [0.25, 0.3) is 11.8 Å². The molecule has 4 rings (SSSR count). The molecular weight excluding hydrogens is 446 g/mol. The molecular formula is C24H18ClN3O3S. The van der Waals surface area contributed by atoms with Gasteiger partial charge in [0.15, 0.2) is 10.9 Å². The van der Waals surface area contributed by atoms with Crippen LogP contribution < -0.4 is 16.0 Å². The molecule has 32 heavy (non-hydrogen) atoms. The Balaban J connectivity index is 1.39. The van der Waals surface area contributed by atoms with E-state index < -0.39 is 0 Å². The first-order valence-corrected chi connectivity index (χ1v) is 10.5. The summed E-state index contributed by atoms with van der Waals surface area (Å²) in [6.45, 7) is 1.86. The van der Waals surface area contributed by atoms with Gasteiger partial charge < -0.3 is 15.1 Å². The highest BCUT2D eigenvalue weighted by molar-refractivity contribution is 7.80. The van der Waals surface area contributed by atoms with E-state index in [1.807, 2.05) is 25.1 Å². The van der Waals surface area contributed by atoms with E-state index in [0.29, 0.717) is 27.5 Å². The lowest BCUT2D eigenvalue weighted by Crippen LogP contribution is -2.34. The predicted molar refractivity (Wildman–Crippen MR) is 130 cm³/mol. The van der Waals surface area contributed by atoms with Crippen LogP contribution in [0.2, 0.25) is 5.02 Å². The number of anilines is 2. The van der Waals surface area contributed by atoms with E-state index in [-0.39, 0.29) is 22.7 Å². The van der Waals surface area contributed by atoms with Crippen LogP contribution in [0.25, 0.3) is 11.0 Å². The molecule has 0 unspecified atom stereocenters. The van der Waals surface area contributed by atoms with Gasteiger partial charge in [-0.05, 0) is 67.2 Å². The van der Waals surface area contributed by atoms with Crippen molar-refractivity contribution in [2.45, 2.75) is 6.92 Å². The van der Waals surface area contributed by atoms with Crippen molar-refractivity contribution in [1.82, 2.24) is 5.32 Å². The maximum atomic E-state index is 12.6. The van der Waals surface area contributed by atoms with Crippen LogP contribution in [0.5, 0.6) is 0 Å². The minimum Gasteiger partial charge on any atom is -0.451 e. The van der Waals surface area contributed by atoms with Crippen LogP contribution in [0.3, 0.4) is 0 Å². The molecule has 0 saturated heterocycles. The van der Waals surface area contributed by atoms with Gasteiger partial charge >= 0.3 is 0 Å². The van der Waals surface area contributed by atoms with Gasteiger partial charge in [-0.15, -0.1) is 0 Å². The van der Waals surface area contributed by atoms with Crippen molar-refractivity contribution >= 4 is 63.1 Å². The summed E-state index contributed by atoms with van der Waals surface area (Å²) in [5.41, 5.74) is 3.06. The molecule has 0 bridgehead atoms. The summed E-state index contributed by atoms with van der Waals surface area (Å²) in [7, 11) is 0. The lowest BCUT2D eigenvalue weighted by molar-refractivity contribution is 0.0975. The first-order chi connectivity index (χ1) is 15.4. The summed E-state index contributed by atoms with van der Waals surface area (Å²) in [6.07, 6.45) is 0. The number of benzene rings is 3. The first-order valence-electron chi connectivity index (χ1n) is 9.67. The van der Waals surface area contributed by atoms with Gasteiger partial charge in [-0.2, -0.15) is 0 Å². The summed E-state index contributed by atoms with van der Waals surface area (Å²) < 4.78 is 5.59. The van der Waals surface area contributed by atoms with E-state index in [1.54, 1.807) is 54.6 Å². The molecule has 0 aliphatic rings. The second-order valence-electron chi connectivity index (χ2n) is 7.06. The van der Waals surface area contributed by atoms with Crippen molar-refractivity contribution in [2.75, 3.05) is 10.6 Å². The second-order valence-corrected chi connectivity index (χ2v) is 7.87. The lowest BCUT2D eigenvalue weighted by Gasteiger charge is -2.11. The number of hydrogen-bond acceptors (Lipinski definition) is 4. The van der Waals surface area contributed by atoms with Crippen molar-refractivity contribution in [2.24, 2.45) is 0 Å². The molecule has 0 atom stereocenters. The predicted octanol–water partition coefficient (Wildman–Crippen LogP) is 5.77. The van der Waals surface area contributed by atoms with Gasteiger partial charge in [0.05, 0.1) is 0 Å². The van der Waals surface area contributed by atoms with Crippen molar-refractivity contribution < 1.29 is 14.0 Å². The normalized spacial score (nSPS) is 10.6. The number of para-hydroxylation sites is 1. The average Bonchev–Trinajstić information content (AvgIpc) is 3.20. The number of rotatable bonds is 4. The minimum atomic E-state index is -0.376. The SMILES string of the molecule is Cc1ccc(C(=O)NC(=S)Nc2cccc(NC(=O)c3cc4ccccc4o3)c2)cc1Cl. The quantitative estimate of drug-likeness (QED) is 0.334. The van der Waals surface area contributed by atoms with Gasteiger partial charge in [-0.25, -0.2) is 0 Å². The molecule has 0 radical (unpaired) electrons. The zero-order valence-corrected chi connectivity index (χ0v) is 18.5. The molecule has 160 valence electrons. The molecule has 8 heteroatoms. The Kier molecular flexibility index (Phi) is 6.20. The summed E-state index contributed by atoms with van der Waals surface area (Å²) in [5, 5.41) is 9.81. The number of hydrogen-bond donors (Lipinski definition) is 3. The van der Waals surface area contributed by atoms with Crippen LogP contribution >= 0.6 is 23.8 Å². The van der Waals surface area contributed by atoms with Crippen LogP contribution in [0, 0.1) is 6.92 Å². The van der Waals surface area contributed by atoms with E-state index in [1.165, 1.54) is 0 Å². The van der Waals surface area contributed by atoms with Crippen LogP contribution in [0.4, 0.5) is 11.4 Å². The minimum absolute atomic E-state index is 0.118. The number of amides is 2. The third kappa shape index (κ3) is 4.96. The van der Waals surface area contributed by atoms with Crippen molar-refractivity contribution in [3.63, 3.8) is 0 Å². The molecule has 3 N–H and O–H groups in total. The van der Waals surface area contributed by atoms with Gasteiger partial charge in [0.2, 0.25) is 0 Å². The molecule has 1 heterocycles. The van der Waals surface area contributed by atoms with Crippen LogP contribution in [0.1, 0.15) is 26.5 Å². The number of halogens is 1. The Morgan fingerprint density at radius 1 is 0.875 bits per heavy atom. The summed E-state index contributed by atoms with van der Waals surface area (Å²) in [6, 6.07) is 21.1. The largest absolute Gasteiger partial charge is 0.451 e. The van der Waals surface area contributed by atoms with E-state index in [0.717, 1.165) is 10.9 Å². The Hall–Kier alpha value is -3.68. The molecule has 0 aliphatic carbocycles. The molecule has 3 aromatic carbocycles. The fourth-order valence-corrected chi connectivity index (χ4v) is 3.42. The topological polar surface area (TPSA) is 83.4 Å². The zero-order valence-electron chi connectivity index (χ0n) is 16.9. The van der Waals surface area contributed by atoms with Crippen molar-refractivity contribution in [3.05, 3.63) is 94.7 Å². The lowest BCUT2D eigenvalue weighted by atomic mass is 10.1. The maximum absolute atomic E-state index is 12.6. The molecule has 1 aromatic heterocycles. The summed E-state index contributed by atoms with van der Waals surface area (Å²) >= 11 is 11.3. The zero-order chi connectivity index (χ0) is 22.7. The number of thiocarbonyl (C=S) groups is 1. The van der Waals surface area contributed by atoms with Crippen LogP contribution in [0.15, 0.2) is 77.2 Å². The number of furan rings is 1. The maximum Gasteiger partial charge on any atom is 0.291 e. The number of aryl methyl sites for hydroxylation is 1. The Morgan fingerprint density at radius 2 is 1.62 bits per heavy atom. The van der Waals surface area contributed by atoms with E-state index in [4.69, 9.17) is 28.2 Å². The molecule has 2 amide bonds. The average molecular weight is 464 g/mol. The number of carbonyl (C=O) groups excluding carboxylic acids is 2. The standard InChI is InChI=1S/C24H18ClN3O3S/c1-14-9-10-16(11-19(14)25)22(29)28-24(32)27-18-7-4-6-17(13-18)26-23(30)21-12-15-5-2-3-8-20(15)31-21/h2-13H,1H3,(H,26,30)(H2,27,28,29,32). The number of fused-ring (bicyclic) bond motifs is 1. The van der Waals surface area contributed by atoms with Crippen LogP contribution in [-0.4, -0.2) is 16.9 Å². The molecule has 4 aromatic rings. The highest BCUT2D eigenvalue weighted by Gasteiger charge is 2.13. The van der Waals surface area contributed by atoms with E-state index in [2.05, 4.69) is 16.0 Å². The van der Waals surface area contributed by atoms with Gasteiger partial charge in [0, 0.05) is 27.3 Å². The Labute approximate surface area is 194 Å². The fraction of sp³-hybridized carbons (Fsp3) is 0.0417. The van der Waals surface area contributed by atoms with Gasteiger partial charge in [-0.1, -0.05) is 41.9 Å². The molecule has 0 fully saturated rings. The Morgan fingerprint density at radius 3 is 2.38 bits per heavy atom.